The Hall–Kier alpha value is -3.71. The fraction of sp³-hybridized carbons (Fsp3) is 0.781. The number of nitrogens with zero attached hydrogens (tertiary/aromatic N) is 1. The van der Waals surface area contributed by atoms with E-state index in [-0.39, 0.29) is 30.0 Å². The molecular weight excluding hydrogens is 596 g/mol. The SMILES string of the molecule is CCCC(NC(=O)C1C[C@@H]2CCCC[C@@H]2N1C(=O)[C@@H](NC(=O)CNC(=O)C(C)NC(=O)OC(C)C)C(C)C)C(=O)C(=O)NC1CC1. The number of ketones is 1. The molecule has 258 valence electrons. The number of fused-ring (bicyclic) bond motifs is 1. The van der Waals surface area contributed by atoms with Gasteiger partial charge in [0.25, 0.3) is 5.91 Å². The summed E-state index contributed by atoms with van der Waals surface area (Å²) < 4.78 is 4.97. The zero-order chi connectivity index (χ0) is 34.1. The molecule has 3 aliphatic rings. The van der Waals surface area contributed by atoms with Crippen LogP contribution in [0.4, 0.5) is 4.79 Å². The number of likely N-dealkylation sites (tertiary alicyclic amines) is 1. The molecule has 46 heavy (non-hydrogen) atoms. The van der Waals surface area contributed by atoms with Crippen molar-refractivity contribution in [2.24, 2.45) is 11.8 Å². The number of alkyl carbamates (subject to hydrolysis) is 1. The summed E-state index contributed by atoms with van der Waals surface area (Å²) in [6.07, 6.45) is 5.31. The molecule has 0 radical (unpaired) electrons. The lowest BCUT2D eigenvalue weighted by molar-refractivity contribution is -0.146. The molecule has 0 aromatic rings. The number of Topliss-reactive ketones (excluding diaryl/α,β-unsaturated/α-hetero) is 1. The van der Waals surface area contributed by atoms with Crippen LogP contribution in [0.15, 0.2) is 0 Å². The van der Waals surface area contributed by atoms with Gasteiger partial charge in [0.05, 0.1) is 18.7 Å². The summed E-state index contributed by atoms with van der Waals surface area (Å²) in [5, 5.41) is 13.1. The van der Waals surface area contributed by atoms with Crippen molar-refractivity contribution in [2.75, 3.05) is 6.54 Å². The first kappa shape index (κ1) is 36.8. The largest absolute Gasteiger partial charge is 0.447 e. The highest BCUT2D eigenvalue weighted by molar-refractivity contribution is 6.38. The van der Waals surface area contributed by atoms with Crippen LogP contribution in [0.5, 0.6) is 0 Å². The normalized spacial score (nSPS) is 22.6. The highest BCUT2D eigenvalue weighted by Crippen LogP contribution is 2.40. The van der Waals surface area contributed by atoms with Crippen LogP contribution in [0.1, 0.15) is 99.3 Å². The zero-order valence-corrected chi connectivity index (χ0v) is 28.0. The number of carbonyl (C=O) groups is 7. The minimum atomic E-state index is -0.996. The maximum Gasteiger partial charge on any atom is 0.408 e. The fourth-order valence-electron chi connectivity index (χ4n) is 6.19. The summed E-state index contributed by atoms with van der Waals surface area (Å²) in [5.74, 6) is -3.72. The molecule has 1 heterocycles. The van der Waals surface area contributed by atoms with Gasteiger partial charge in [0, 0.05) is 12.1 Å². The van der Waals surface area contributed by atoms with Gasteiger partial charge >= 0.3 is 6.09 Å². The lowest BCUT2D eigenvalue weighted by Gasteiger charge is -2.37. The molecule has 3 rings (SSSR count). The number of ether oxygens (including phenoxy) is 1. The van der Waals surface area contributed by atoms with Gasteiger partial charge in [-0.15, -0.1) is 0 Å². The quantitative estimate of drug-likeness (QED) is 0.163. The molecule has 2 saturated carbocycles. The zero-order valence-electron chi connectivity index (χ0n) is 28.0. The highest BCUT2D eigenvalue weighted by Gasteiger charge is 2.50. The van der Waals surface area contributed by atoms with E-state index in [4.69, 9.17) is 4.74 Å². The Kier molecular flexibility index (Phi) is 13.4. The Morgan fingerprint density at radius 2 is 1.54 bits per heavy atom. The average Bonchev–Trinajstić information content (AvgIpc) is 3.72. The van der Waals surface area contributed by atoms with E-state index in [1.54, 1.807) is 32.6 Å². The molecule has 3 unspecified atom stereocenters. The van der Waals surface area contributed by atoms with Crippen LogP contribution in [0.3, 0.4) is 0 Å². The van der Waals surface area contributed by atoms with E-state index in [2.05, 4.69) is 26.6 Å². The first-order chi connectivity index (χ1) is 21.7. The Bertz CT molecular complexity index is 1160. The summed E-state index contributed by atoms with van der Waals surface area (Å²) in [6, 6.07) is -3.97. The second-order valence-electron chi connectivity index (χ2n) is 13.4. The number of hydrogen-bond donors (Lipinski definition) is 5. The van der Waals surface area contributed by atoms with Gasteiger partial charge in [-0.1, -0.05) is 40.0 Å². The van der Waals surface area contributed by atoms with Gasteiger partial charge in [-0.2, -0.15) is 0 Å². The van der Waals surface area contributed by atoms with E-state index in [1.165, 1.54) is 6.92 Å². The predicted molar refractivity (Wildman–Crippen MR) is 168 cm³/mol. The van der Waals surface area contributed by atoms with Crippen molar-refractivity contribution in [3.63, 3.8) is 0 Å². The van der Waals surface area contributed by atoms with Crippen molar-refractivity contribution in [2.45, 2.75) is 142 Å². The van der Waals surface area contributed by atoms with Crippen LogP contribution in [-0.4, -0.2) is 95.2 Å². The first-order valence-corrected chi connectivity index (χ1v) is 16.7. The van der Waals surface area contributed by atoms with Crippen molar-refractivity contribution in [3.05, 3.63) is 0 Å². The summed E-state index contributed by atoms with van der Waals surface area (Å²) in [7, 11) is 0. The van der Waals surface area contributed by atoms with E-state index in [9.17, 15) is 33.6 Å². The van der Waals surface area contributed by atoms with Crippen LogP contribution in [0, 0.1) is 11.8 Å². The molecule has 0 aromatic carbocycles. The Morgan fingerprint density at radius 3 is 2.15 bits per heavy atom. The van der Waals surface area contributed by atoms with Crippen LogP contribution in [0.25, 0.3) is 0 Å². The first-order valence-electron chi connectivity index (χ1n) is 16.7. The number of hydrogen-bond acceptors (Lipinski definition) is 8. The number of carbonyl (C=O) groups excluding carboxylic acids is 7. The van der Waals surface area contributed by atoms with Crippen LogP contribution in [0.2, 0.25) is 0 Å². The smallest absolute Gasteiger partial charge is 0.408 e. The molecule has 5 N–H and O–H groups in total. The van der Waals surface area contributed by atoms with Crippen molar-refractivity contribution in [1.82, 2.24) is 31.5 Å². The lowest BCUT2D eigenvalue weighted by atomic mass is 9.84. The average molecular weight is 649 g/mol. The molecule has 3 fully saturated rings. The van der Waals surface area contributed by atoms with Crippen molar-refractivity contribution < 1.29 is 38.3 Å². The summed E-state index contributed by atoms with van der Waals surface area (Å²) in [6.45, 7) is 9.80. The minimum absolute atomic E-state index is 0.00517. The molecule has 1 aliphatic heterocycles. The summed E-state index contributed by atoms with van der Waals surface area (Å²) >= 11 is 0. The van der Waals surface area contributed by atoms with Gasteiger partial charge in [-0.05, 0) is 71.1 Å². The molecule has 14 heteroatoms. The Morgan fingerprint density at radius 1 is 0.870 bits per heavy atom. The third kappa shape index (κ3) is 10.1. The van der Waals surface area contributed by atoms with Crippen LogP contribution < -0.4 is 26.6 Å². The standard InChI is InChI=1S/C32H52N6O8/c1-7-10-22(27(40)30(43)35-21-13-14-21)36-29(42)24-15-20-11-8-9-12-23(20)38(24)31(44)26(17(2)3)37-25(39)16-33-28(41)19(6)34-32(45)46-18(4)5/h17-24,26H,7-16H2,1-6H3,(H,33,41)(H,34,45)(H,35,43)(H,36,42)(H,37,39)/t19?,20-,22?,23-,24?,26-/m0/s1. The van der Waals surface area contributed by atoms with Crippen molar-refractivity contribution >= 4 is 41.4 Å². The number of rotatable bonds is 15. The molecular formula is C32H52N6O8. The molecule has 0 spiro atoms. The van der Waals surface area contributed by atoms with E-state index in [1.807, 2.05) is 6.92 Å². The molecule has 0 aromatic heterocycles. The third-order valence-corrected chi connectivity index (χ3v) is 8.73. The fourth-order valence-corrected chi connectivity index (χ4v) is 6.19. The monoisotopic (exact) mass is 648 g/mol. The molecule has 1 saturated heterocycles. The minimum Gasteiger partial charge on any atom is -0.447 e. The second-order valence-corrected chi connectivity index (χ2v) is 13.4. The van der Waals surface area contributed by atoms with E-state index in [0.717, 1.165) is 38.5 Å². The van der Waals surface area contributed by atoms with Gasteiger partial charge in [0.2, 0.25) is 29.4 Å². The van der Waals surface area contributed by atoms with Crippen molar-refractivity contribution in [3.8, 4) is 0 Å². The van der Waals surface area contributed by atoms with E-state index < -0.39 is 72.1 Å². The third-order valence-electron chi connectivity index (χ3n) is 8.73. The van der Waals surface area contributed by atoms with Gasteiger partial charge in [-0.25, -0.2) is 4.79 Å². The van der Waals surface area contributed by atoms with Crippen molar-refractivity contribution in [1.29, 1.82) is 0 Å². The summed E-state index contributed by atoms with van der Waals surface area (Å²) in [5.41, 5.74) is 0. The lowest BCUT2D eigenvalue weighted by Crippen LogP contribution is -2.60. The van der Waals surface area contributed by atoms with Gasteiger partial charge in [0.1, 0.15) is 18.1 Å². The molecule has 14 nitrogen and oxygen atoms in total. The molecule has 6 amide bonds. The topological polar surface area (TPSA) is 192 Å². The van der Waals surface area contributed by atoms with Gasteiger partial charge in [-0.3, -0.25) is 28.8 Å². The van der Waals surface area contributed by atoms with Gasteiger partial charge in [0.15, 0.2) is 0 Å². The number of nitrogens with one attached hydrogen (secondary N) is 5. The van der Waals surface area contributed by atoms with E-state index in [0.29, 0.717) is 19.3 Å². The Labute approximate surface area is 271 Å². The maximum atomic E-state index is 14.2. The maximum absolute atomic E-state index is 14.2. The summed E-state index contributed by atoms with van der Waals surface area (Å²) in [4.78, 5) is 92.2. The molecule has 0 bridgehead atoms. The Balaban J connectivity index is 1.69. The van der Waals surface area contributed by atoms with Gasteiger partial charge < -0.3 is 36.2 Å². The number of amides is 6. The van der Waals surface area contributed by atoms with E-state index >= 15 is 0 Å². The molecule has 2 aliphatic carbocycles. The second kappa shape index (κ2) is 16.7. The highest BCUT2D eigenvalue weighted by atomic mass is 16.6. The van der Waals surface area contributed by atoms with Crippen LogP contribution in [-0.2, 0) is 33.5 Å². The predicted octanol–water partition coefficient (Wildman–Crippen LogP) is 1.06. The molecule has 6 atom stereocenters. The van der Waals surface area contributed by atoms with Crippen LogP contribution >= 0.6 is 0 Å².